The summed E-state index contributed by atoms with van der Waals surface area (Å²) in [6.07, 6.45) is 7.69. The van der Waals surface area contributed by atoms with Crippen LogP contribution in [0.5, 0.6) is 0 Å². The lowest BCUT2D eigenvalue weighted by molar-refractivity contribution is 0.00446. The lowest BCUT2D eigenvalue weighted by Gasteiger charge is -2.53. The number of benzene rings is 1. The van der Waals surface area contributed by atoms with Crippen LogP contribution in [0, 0.1) is 23.7 Å². The van der Waals surface area contributed by atoms with Gasteiger partial charge in [-0.2, -0.15) is 0 Å². The molecule has 6 atom stereocenters. The Morgan fingerprint density at radius 1 is 1.00 bits per heavy atom. The van der Waals surface area contributed by atoms with Crippen LogP contribution < -0.4 is 4.72 Å². The molecule has 0 aliphatic heterocycles. The van der Waals surface area contributed by atoms with Crippen molar-refractivity contribution >= 4 is 10.0 Å². The van der Waals surface area contributed by atoms with E-state index in [1.807, 2.05) is 37.3 Å². The van der Waals surface area contributed by atoms with Gasteiger partial charge in [0.15, 0.2) is 0 Å². The molecule has 3 bridgehead atoms. The van der Waals surface area contributed by atoms with Crippen LogP contribution >= 0.6 is 0 Å². The number of nitrogens with one attached hydrogen (secondary N) is 1. The topological polar surface area (TPSA) is 46.2 Å². The molecule has 4 rings (SSSR count). The van der Waals surface area contributed by atoms with Gasteiger partial charge >= 0.3 is 0 Å². The van der Waals surface area contributed by atoms with Crippen LogP contribution in [0.15, 0.2) is 30.3 Å². The molecule has 3 aliphatic carbocycles. The predicted octanol–water partition coefficient (Wildman–Crippen LogP) is 3.88. The lowest BCUT2D eigenvalue weighted by Crippen LogP contribution is -2.56. The van der Waals surface area contributed by atoms with Crippen molar-refractivity contribution in [2.24, 2.45) is 23.7 Å². The summed E-state index contributed by atoms with van der Waals surface area (Å²) in [5.41, 5.74) is 0.877. The molecular weight excluding hydrogens is 306 g/mol. The van der Waals surface area contributed by atoms with E-state index in [0.29, 0.717) is 11.8 Å². The van der Waals surface area contributed by atoms with Crippen LogP contribution in [-0.4, -0.2) is 14.5 Å². The maximum absolute atomic E-state index is 12.9. The first-order valence-corrected chi connectivity index (χ1v) is 10.7. The highest BCUT2D eigenvalue weighted by Crippen LogP contribution is 2.52. The molecule has 0 saturated heterocycles. The maximum Gasteiger partial charge on any atom is 0.218 e. The van der Waals surface area contributed by atoms with Gasteiger partial charge in [-0.1, -0.05) is 36.8 Å². The summed E-state index contributed by atoms with van der Waals surface area (Å²) in [4.78, 5) is 0. The third kappa shape index (κ3) is 2.85. The number of rotatable bonds is 4. The van der Waals surface area contributed by atoms with Gasteiger partial charge in [0, 0.05) is 6.04 Å². The second-order valence-electron chi connectivity index (χ2n) is 7.92. The summed E-state index contributed by atoms with van der Waals surface area (Å²) < 4.78 is 29.0. The zero-order valence-corrected chi connectivity index (χ0v) is 14.6. The van der Waals surface area contributed by atoms with E-state index < -0.39 is 15.3 Å². The van der Waals surface area contributed by atoms with Crippen LogP contribution in [0.1, 0.15) is 56.3 Å². The summed E-state index contributed by atoms with van der Waals surface area (Å²) in [5.74, 6) is 2.75. The Labute approximate surface area is 139 Å². The van der Waals surface area contributed by atoms with Crippen molar-refractivity contribution in [3.63, 3.8) is 0 Å². The van der Waals surface area contributed by atoms with Gasteiger partial charge in [0.1, 0.15) is 0 Å². The molecule has 1 aromatic carbocycles. The Bertz CT molecular complexity index is 653. The van der Waals surface area contributed by atoms with Crippen LogP contribution in [0.2, 0.25) is 0 Å². The van der Waals surface area contributed by atoms with Crippen molar-refractivity contribution in [2.45, 2.75) is 56.7 Å². The average molecular weight is 333 g/mol. The molecule has 0 heterocycles. The summed E-state index contributed by atoms with van der Waals surface area (Å²) in [6, 6.07) is 9.76. The van der Waals surface area contributed by atoms with E-state index in [4.69, 9.17) is 0 Å². The molecule has 0 spiro atoms. The Morgan fingerprint density at radius 2 is 1.70 bits per heavy atom. The van der Waals surface area contributed by atoms with E-state index in [1.165, 1.54) is 38.5 Å². The molecule has 0 radical (unpaired) electrons. The van der Waals surface area contributed by atoms with Crippen molar-refractivity contribution < 1.29 is 8.42 Å². The van der Waals surface area contributed by atoms with Gasteiger partial charge < -0.3 is 0 Å². The van der Waals surface area contributed by atoms with Gasteiger partial charge in [-0.3, -0.25) is 0 Å². The molecule has 3 saturated carbocycles. The largest absolute Gasteiger partial charge is 0.218 e. The summed E-state index contributed by atoms with van der Waals surface area (Å²) in [6.45, 7) is 1.81. The van der Waals surface area contributed by atoms with Crippen molar-refractivity contribution in [1.29, 1.82) is 0 Å². The number of hydrogen-bond donors (Lipinski definition) is 1. The van der Waals surface area contributed by atoms with E-state index in [0.717, 1.165) is 17.4 Å². The molecule has 3 fully saturated rings. The quantitative estimate of drug-likeness (QED) is 0.909. The molecule has 3 aliphatic rings. The fourth-order valence-corrected chi connectivity index (χ4v) is 6.87. The predicted molar refractivity (Wildman–Crippen MR) is 92.4 cm³/mol. The molecular formula is C19H27NO2S. The zero-order chi connectivity index (χ0) is 16.0. The van der Waals surface area contributed by atoms with E-state index in [9.17, 15) is 8.42 Å². The normalized spacial score (nSPS) is 37.5. The van der Waals surface area contributed by atoms with Crippen LogP contribution in [0.4, 0.5) is 0 Å². The number of hydrogen-bond acceptors (Lipinski definition) is 2. The van der Waals surface area contributed by atoms with Crippen molar-refractivity contribution in [1.82, 2.24) is 4.72 Å². The summed E-state index contributed by atoms with van der Waals surface area (Å²) in [7, 11) is -3.32. The SMILES string of the molecule is C[C@@H](c1ccccc1)S(=O)(=O)NC1C2CCC3CCC(C2)CC31. The maximum atomic E-state index is 12.9. The van der Waals surface area contributed by atoms with Crippen molar-refractivity contribution in [2.75, 3.05) is 0 Å². The van der Waals surface area contributed by atoms with Crippen LogP contribution in [0.25, 0.3) is 0 Å². The second kappa shape index (κ2) is 5.89. The standard InChI is InChI=1S/C19H27NO2S/c1-13(15-5-3-2-4-6-15)23(21,22)20-19-17-10-9-16-8-7-14(11-17)12-18(16)19/h2-6,13-14,16-20H,7-12H2,1H3/t13-,14?,16?,17?,18?,19?/m0/s1. The fourth-order valence-electron chi connectivity index (χ4n) is 5.40. The highest BCUT2D eigenvalue weighted by Gasteiger charge is 2.48. The third-order valence-corrected chi connectivity index (χ3v) is 8.51. The van der Waals surface area contributed by atoms with Gasteiger partial charge in [0.25, 0.3) is 0 Å². The van der Waals surface area contributed by atoms with E-state index in [1.54, 1.807) is 0 Å². The van der Waals surface area contributed by atoms with Gasteiger partial charge in [-0.05, 0) is 68.3 Å². The molecule has 23 heavy (non-hydrogen) atoms. The molecule has 126 valence electrons. The monoisotopic (exact) mass is 333 g/mol. The van der Waals surface area contributed by atoms with E-state index in [2.05, 4.69) is 4.72 Å². The van der Waals surface area contributed by atoms with E-state index >= 15 is 0 Å². The Hall–Kier alpha value is -0.870. The van der Waals surface area contributed by atoms with Gasteiger partial charge in [-0.25, -0.2) is 13.1 Å². The minimum Gasteiger partial charge on any atom is -0.212 e. The Morgan fingerprint density at radius 3 is 2.48 bits per heavy atom. The molecule has 1 aromatic rings. The first-order valence-electron chi connectivity index (χ1n) is 9.10. The van der Waals surface area contributed by atoms with Gasteiger partial charge in [0.05, 0.1) is 5.25 Å². The molecule has 5 unspecified atom stereocenters. The Kier molecular flexibility index (Phi) is 4.01. The summed E-state index contributed by atoms with van der Waals surface area (Å²) in [5, 5.41) is -0.483. The van der Waals surface area contributed by atoms with Crippen molar-refractivity contribution in [3.8, 4) is 0 Å². The van der Waals surface area contributed by atoms with Crippen LogP contribution in [0.3, 0.4) is 0 Å². The molecule has 1 N–H and O–H groups in total. The zero-order valence-electron chi connectivity index (χ0n) is 13.8. The highest BCUT2D eigenvalue weighted by molar-refractivity contribution is 7.89. The summed E-state index contributed by atoms with van der Waals surface area (Å²) >= 11 is 0. The third-order valence-electron chi connectivity index (χ3n) is 6.70. The fraction of sp³-hybridized carbons (Fsp3) is 0.684. The minimum atomic E-state index is -3.32. The van der Waals surface area contributed by atoms with Gasteiger partial charge in [-0.15, -0.1) is 0 Å². The first kappa shape index (κ1) is 15.6. The second-order valence-corrected chi connectivity index (χ2v) is 9.95. The first-order chi connectivity index (χ1) is 11.0. The molecule has 0 amide bonds. The average Bonchev–Trinajstić information content (AvgIpc) is 2.54. The van der Waals surface area contributed by atoms with Crippen LogP contribution in [-0.2, 0) is 10.0 Å². The Balaban J connectivity index is 1.55. The van der Waals surface area contributed by atoms with E-state index in [-0.39, 0.29) is 6.04 Å². The number of fused-ring (bicyclic) bond motifs is 2. The molecule has 3 nitrogen and oxygen atoms in total. The lowest BCUT2D eigenvalue weighted by atomic mass is 9.55. The number of sulfonamides is 1. The smallest absolute Gasteiger partial charge is 0.212 e. The minimum absolute atomic E-state index is 0.182. The molecule has 0 aromatic heterocycles. The van der Waals surface area contributed by atoms with Crippen molar-refractivity contribution in [3.05, 3.63) is 35.9 Å². The highest BCUT2D eigenvalue weighted by atomic mass is 32.2. The molecule has 4 heteroatoms. The van der Waals surface area contributed by atoms with Gasteiger partial charge in [0.2, 0.25) is 10.0 Å².